The van der Waals surface area contributed by atoms with Gasteiger partial charge in [0.25, 0.3) is 0 Å². The van der Waals surface area contributed by atoms with Crippen LogP contribution in [0.3, 0.4) is 0 Å². The zero-order valence-corrected chi connectivity index (χ0v) is 31.2. The molecule has 0 unspecified atom stereocenters. The van der Waals surface area contributed by atoms with E-state index in [-0.39, 0.29) is 5.41 Å². The van der Waals surface area contributed by atoms with Gasteiger partial charge in [0.15, 0.2) is 0 Å². The van der Waals surface area contributed by atoms with Crippen LogP contribution in [0.2, 0.25) is 0 Å². The first kappa shape index (κ1) is 31.4. The number of hydrogen-bond donors (Lipinski definition) is 0. The maximum Gasteiger partial charge on any atom is 0.143 e. The van der Waals surface area contributed by atoms with E-state index in [0.29, 0.717) is 0 Å². The summed E-state index contributed by atoms with van der Waals surface area (Å²) in [4.78, 5) is 0. The van der Waals surface area contributed by atoms with Crippen LogP contribution >= 0.6 is 0 Å². The van der Waals surface area contributed by atoms with Crippen molar-refractivity contribution < 1.29 is 4.42 Å². The van der Waals surface area contributed by atoms with Crippen molar-refractivity contribution in [3.05, 3.63) is 193 Å². The maximum absolute atomic E-state index is 6.86. The van der Waals surface area contributed by atoms with Crippen LogP contribution in [0, 0.1) is 0 Å². The summed E-state index contributed by atoms with van der Waals surface area (Å²) >= 11 is 0. The molecule has 1 aromatic heterocycles. The summed E-state index contributed by atoms with van der Waals surface area (Å²) in [7, 11) is 0. The average Bonchev–Trinajstić information content (AvgIpc) is 3.75. The van der Waals surface area contributed by atoms with Gasteiger partial charge in [-0.15, -0.1) is 0 Å². The molecular weight excluding hydrogens is 677 g/mol. The molecule has 0 amide bonds. The highest BCUT2D eigenvalue weighted by Gasteiger charge is 2.36. The maximum atomic E-state index is 6.86. The zero-order valence-electron chi connectivity index (χ0n) is 31.2. The molecular formula is C55H36O. The van der Waals surface area contributed by atoms with Crippen LogP contribution in [0.25, 0.3) is 110 Å². The highest BCUT2D eigenvalue weighted by atomic mass is 16.3. The molecule has 1 heterocycles. The Bertz CT molecular complexity index is 3380. The van der Waals surface area contributed by atoms with Crippen LogP contribution in [0.4, 0.5) is 0 Å². The van der Waals surface area contributed by atoms with Crippen molar-refractivity contribution in [3.63, 3.8) is 0 Å². The molecule has 0 fully saturated rings. The van der Waals surface area contributed by atoms with E-state index in [2.05, 4.69) is 196 Å². The van der Waals surface area contributed by atoms with Gasteiger partial charge < -0.3 is 4.42 Å². The predicted molar refractivity (Wildman–Crippen MR) is 238 cm³/mol. The molecule has 56 heavy (non-hydrogen) atoms. The van der Waals surface area contributed by atoms with E-state index in [1.54, 1.807) is 0 Å². The van der Waals surface area contributed by atoms with Crippen LogP contribution in [-0.4, -0.2) is 0 Å². The van der Waals surface area contributed by atoms with Crippen molar-refractivity contribution in [2.24, 2.45) is 0 Å². The average molecular weight is 713 g/mol. The van der Waals surface area contributed by atoms with Gasteiger partial charge in [-0.2, -0.15) is 0 Å². The second kappa shape index (κ2) is 11.5. The van der Waals surface area contributed by atoms with Crippen molar-refractivity contribution in [2.45, 2.75) is 19.3 Å². The van der Waals surface area contributed by atoms with Gasteiger partial charge >= 0.3 is 0 Å². The molecule has 0 bridgehead atoms. The minimum atomic E-state index is -0.175. The Balaban J connectivity index is 1.07. The largest absolute Gasteiger partial charge is 0.455 e. The Morgan fingerprint density at radius 1 is 0.357 bits per heavy atom. The first-order valence-corrected chi connectivity index (χ1v) is 19.6. The molecule has 0 saturated carbocycles. The molecule has 1 aliphatic carbocycles. The van der Waals surface area contributed by atoms with E-state index >= 15 is 0 Å². The smallest absolute Gasteiger partial charge is 0.143 e. The first-order chi connectivity index (χ1) is 27.5. The van der Waals surface area contributed by atoms with E-state index in [4.69, 9.17) is 4.42 Å². The highest BCUT2D eigenvalue weighted by molar-refractivity contribution is 6.29. The first-order valence-electron chi connectivity index (χ1n) is 19.6. The van der Waals surface area contributed by atoms with Crippen LogP contribution in [-0.2, 0) is 5.41 Å². The lowest BCUT2D eigenvalue weighted by Gasteiger charge is -2.23. The molecule has 0 radical (unpaired) electrons. The van der Waals surface area contributed by atoms with Gasteiger partial charge in [-0.1, -0.05) is 172 Å². The van der Waals surface area contributed by atoms with Crippen LogP contribution in [0.5, 0.6) is 0 Å². The summed E-state index contributed by atoms with van der Waals surface area (Å²) in [5.74, 6) is 0. The van der Waals surface area contributed by atoms with Gasteiger partial charge in [0, 0.05) is 21.8 Å². The molecule has 11 aromatic rings. The summed E-state index contributed by atoms with van der Waals surface area (Å²) in [5.41, 5.74) is 14.4. The number of fused-ring (bicyclic) bond motifs is 12. The van der Waals surface area contributed by atoms with Gasteiger partial charge in [-0.3, -0.25) is 0 Å². The minimum Gasteiger partial charge on any atom is -0.455 e. The molecule has 12 rings (SSSR count). The highest BCUT2D eigenvalue weighted by Crippen LogP contribution is 2.53. The van der Waals surface area contributed by atoms with Crippen molar-refractivity contribution in [1.29, 1.82) is 0 Å². The Hall–Kier alpha value is -6.96. The summed E-state index contributed by atoms with van der Waals surface area (Å²) in [6.45, 7) is 4.77. The molecule has 0 saturated heterocycles. The van der Waals surface area contributed by atoms with Crippen molar-refractivity contribution >= 4 is 65.0 Å². The molecule has 1 aliphatic rings. The fraction of sp³-hybridized carbons (Fsp3) is 0.0545. The molecule has 262 valence electrons. The molecule has 1 heteroatoms. The molecule has 0 spiro atoms. The van der Waals surface area contributed by atoms with Gasteiger partial charge in [0.2, 0.25) is 0 Å². The predicted octanol–water partition coefficient (Wildman–Crippen LogP) is 15.5. The van der Waals surface area contributed by atoms with E-state index in [1.165, 1.54) is 104 Å². The third-order valence-corrected chi connectivity index (χ3v) is 12.6. The van der Waals surface area contributed by atoms with Gasteiger partial charge in [0.05, 0.1) is 0 Å². The second-order valence-electron chi connectivity index (χ2n) is 16.0. The quantitative estimate of drug-likeness (QED) is 0.166. The summed E-state index contributed by atoms with van der Waals surface area (Å²) in [5, 5.41) is 12.4. The van der Waals surface area contributed by atoms with Gasteiger partial charge in [0.1, 0.15) is 11.2 Å². The van der Waals surface area contributed by atoms with Crippen molar-refractivity contribution in [1.82, 2.24) is 0 Å². The van der Waals surface area contributed by atoms with E-state index < -0.39 is 0 Å². The number of rotatable bonds is 3. The lowest BCUT2D eigenvalue weighted by molar-refractivity contribution is 0.660. The number of hydrogen-bond acceptors (Lipinski definition) is 1. The van der Waals surface area contributed by atoms with E-state index in [1.807, 2.05) is 0 Å². The zero-order chi connectivity index (χ0) is 37.1. The fourth-order valence-electron chi connectivity index (χ4n) is 10.0. The van der Waals surface area contributed by atoms with E-state index in [0.717, 1.165) is 16.7 Å². The third kappa shape index (κ3) is 4.31. The lowest BCUT2D eigenvalue weighted by Crippen LogP contribution is -2.15. The van der Waals surface area contributed by atoms with Crippen LogP contribution in [0.15, 0.2) is 186 Å². The number of benzene rings is 10. The Morgan fingerprint density at radius 2 is 0.929 bits per heavy atom. The van der Waals surface area contributed by atoms with Crippen LogP contribution < -0.4 is 0 Å². The summed E-state index contributed by atoms with van der Waals surface area (Å²) in [6, 6.07) is 67.0. The molecule has 0 aliphatic heterocycles. The Morgan fingerprint density at radius 3 is 1.62 bits per heavy atom. The monoisotopic (exact) mass is 712 g/mol. The van der Waals surface area contributed by atoms with Gasteiger partial charge in [-0.25, -0.2) is 0 Å². The fourth-order valence-corrected chi connectivity index (χ4v) is 10.0. The standard InChI is InChI=1S/C55H36O/c1-55(2)47-28-25-36(45-30-35-17-7-9-19-39(35)53-52-38-18-8-6-14-33(38)26-29-49(52)56-54(45)53)31-46(47)40-27-24-37(32-48(40)55)51-43-22-12-10-20-41(43)50(34-15-4-3-5-16-34)42-21-11-13-23-44(42)51/h3-32H,1-2H3. The molecule has 0 N–H and O–H groups in total. The third-order valence-electron chi connectivity index (χ3n) is 12.6. The Labute approximate surface area is 325 Å². The summed E-state index contributed by atoms with van der Waals surface area (Å²) in [6.07, 6.45) is 0. The Kier molecular flexibility index (Phi) is 6.46. The number of furan rings is 1. The lowest BCUT2D eigenvalue weighted by atomic mass is 9.80. The van der Waals surface area contributed by atoms with Gasteiger partial charge in [-0.05, 0) is 117 Å². The normalized spacial score (nSPS) is 13.3. The van der Waals surface area contributed by atoms with Crippen LogP contribution in [0.1, 0.15) is 25.0 Å². The molecule has 10 aromatic carbocycles. The molecule has 0 atom stereocenters. The van der Waals surface area contributed by atoms with E-state index in [9.17, 15) is 0 Å². The second-order valence-corrected chi connectivity index (χ2v) is 16.0. The SMILES string of the molecule is CC1(C)c2ccc(-c3cc4ccccc4c4c3oc3ccc5ccccc5c34)cc2-c2ccc(-c3c4ccccc4c(-c4ccccc4)c4ccccc34)cc21. The molecule has 1 nitrogen and oxygen atoms in total. The minimum absolute atomic E-state index is 0.175. The summed E-state index contributed by atoms with van der Waals surface area (Å²) < 4.78 is 6.86. The van der Waals surface area contributed by atoms with Crippen molar-refractivity contribution in [2.75, 3.05) is 0 Å². The topological polar surface area (TPSA) is 13.1 Å². The van der Waals surface area contributed by atoms with Crippen molar-refractivity contribution in [3.8, 4) is 44.5 Å².